The minimum absolute atomic E-state index is 0.259. The first-order valence-electron chi connectivity index (χ1n) is 8.95. The Bertz CT molecular complexity index is 851. The van der Waals surface area contributed by atoms with E-state index in [1.807, 2.05) is 0 Å². The predicted octanol–water partition coefficient (Wildman–Crippen LogP) is 1.72. The highest BCUT2D eigenvalue weighted by atomic mass is 16.7. The normalized spacial score (nSPS) is 23.2. The lowest BCUT2D eigenvalue weighted by atomic mass is 10.1. The van der Waals surface area contributed by atoms with Crippen LogP contribution in [0.5, 0.6) is 0 Å². The Morgan fingerprint density at radius 1 is 0.828 bits per heavy atom. The average Bonchev–Trinajstić information content (AvgIpc) is 3.04. The van der Waals surface area contributed by atoms with Crippen LogP contribution < -0.4 is 0 Å². The topological polar surface area (TPSA) is 108 Å². The molecule has 1 aliphatic rings. The molecule has 0 amide bonds. The molecule has 1 heterocycles. The summed E-state index contributed by atoms with van der Waals surface area (Å²) in [6.07, 6.45) is -4.80. The van der Waals surface area contributed by atoms with Crippen LogP contribution in [0.15, 0.2) is 60.7 Å². The minimum Gasteiger partial charge on any atom is -0.452 e. The average molecular weight is 400 g/mol. The van der Waals surface area contributed by atoms with Gasteiger partial charge in [0.2, 0.25) is 12.4 Å². The molecule has 8 heteroatoms. The Hall–Kier alpha value is -3.23. The smallest absolute Gasteiger partial charge is 0.338 e. The fourth-order valence-corrected chi connectivity index (χ4v) is 2.90. The molecule has 0 spiro atoms. The van der Waals surface area contributed by atoms with Gasteiger partial charge in [0, 0.05) is 6.92 Å². The zero-order valence-corrected chi connectivity index (χ0v) is 15.6. The third kappa shape index (κ3) is 4.98. The number of rotatable bonds is 6. The summed E-state index contributed by atoms with van der Waals surface area (Å²) in [5.41, 5.74) is 0.530. The predicted molar refractivity (Wildman–Crippen MR) is 98.8 cm³/mol. The molecule has 2 aromatic rings. The molecule has 0 saturated carbocycles. The largest absolute Gasteiger partial charge is 0.452 e. The molecule has 1 fully saturated rings. The van der Waals surface area contributed by atoms with Crippen molar-refractivity contribution in [2.45, 2.75) is 31.5 Å². The van der Waals surface area contributed by atoms with Gasteiger partial charge in [-0.2, -0.15) is 0 Å². The molecule has 1 aliphatic heterocycles. The van der Waals surface area contributed by atoms with E-state index in [1.54, 1.807) is 60.7 Å². The number of benzene rings is 2. The van der Waals surface area contributed by atoms with Crippen LogP contribution in [0, 0.1) is 0 Å². The second-order valence-electron chi connectivity index (χ2n) is 6.31. The Morgan fingerprint density at radius 2 is 1.31 bits per heavy atom. The van der Waals surface area contributed by atoms with Gasteiger partial charge in [-0.25, -0.2) is 9.59 Å². The number of carbonyl (C=O) groups is 3. The van der Waals surface area contributed by atoms with E-state index in [-0.39, 0.29) is 11.1 Å². The van der Waals surface area contributed by atoms with Crippen molar-refractivity contribution in [1.82, 2.24) is 0 Å². The monoisotopic (exact) mass is 400 g/mol. The SMILES string of the molecule is CC(=O)O[C@H]1O[C@H](CO)[C@@H](OC(=O)c2ccccc2)[C@H]1OC(=O)c1ccccc1. The molecule has 0 bridgehead atoms. The zero-order valence-electron chi connectivity index (χ0n) is 15.6. The minimum atomic E-state index is -1.33. The first-order chi connectivity index (χ1) is 14.0. The van der Waals surface area contributed by atoms with E-state index < -0.39 is 49.1 Å². The summed E-state index contributed by atoms with van der Waals surface area (Å²) in [4.78, 5) is 36.4. The molecule has 8 nitrogen and oxygen atoms in total. The number of carbonyl (C=O) groups excluding carboxylic acids is 3. The van der Waals surface area contributed by atoms with Crippen LogP contribution in [0.4, 0.5) is 0 Å². The van der Waals surface area contributed by atoms with E-state index in [2.05, 4.69) is 0 Å². The van der Waals surface area contributed by atoms with Gasteiger partial charge in [0.05, 0.1) is 17.7 Å². The molecule has 0 aromatic heterocycles. The van der Waals surface area contributed by atoms with Gasteiger partial charge in [0.25, 0.3) is 0 Å². The van der Waals surface area contributed by atoms with Gasteiger partial charge in [0.15, 0.2) is 6.10 Å². The van der Waals surface area contributed by atoms with E-state index in [4.69, 9.17) is 18.9 Å². The third-order valence-electron chi connectivity index (χ3n) is 4.23. The van der Waals surface area contributed by atoms with Crippen molar-refractivity contribution in [2.24, 2.45) is 0 Å². The second kappa shape index (κ2) is 9.31. The molecular formula is C21H20O8. The highest BCUT2D eigenvalue weighted by Gasteiger charge is 2.51. The van der Waals surface area contributed by atoms with Gasteiger partial charge in [-0.3, -0.25) is 4.79 Å². The molecule has 29 heavy (non-hydrogen) atoms. The first kappa shape index (κ1) is 20.5. The van der Waals surface area contributed by atoms with Crippen molar-refractivity contribution >= 4 is 17.9 Å². The van der Waals surface area contributed by atoms with Gasteiger partial charge in [-0.1, -0.05) is 36.4 Å². The van der Waals surface area contributed by atoms with Crippen LogP contribution in [-0.2, 0) is 23.7 Å². The van der Waals surface area contributed by atoms with Crippen molar-refractivity contribution in [3.05, 3.63) is 71.8 Å². The lowest BCUT2D eigenvalue weighted by Crippen LogP contribution is -2.42. The van der Waals surface area contributed by atoms with Crippen LogP contribution in [0.3, 0.4) is 0 Å². The Morgan fingerprint density at radius 3 is 1.76 bits per heavy atom. The van der Waals surface area contributed by atoms with Crippen molar-refractivity contribution in [2.75, 3.05) is 6.61 Å². The van der Waals surface area contributed by atoms with Crippen LogP contribution in [0.2, 0.25) is 0 Å². The molecule has 4 atom stereocenters. The summed E-state index contributed by atoms with van der Waals surface area (Å²) in [6, 6.07) is 16.3. The first-order valence-corrected chi connectivity index (χ1v) is 8.95. The fourth-order valence-electron chi connectivity index (χ4n) is 2.90. The molecule has 3 rings (SSSR count). The van der Waals surface area contributed by atoms with Crippen LogP contribution in [0.25, 0.3) is 0 Å². The third-order valence-corrected chi connectivity index (χ3v) is 4.23. The Kier molecular flexibility index (Phi) is 6.58. The Balaban J connectivity index is 1.83. The highest BCUT2D eigenvalue weighted by molar-refractivity contribution is 5.90. The maximum absolute atomic E-state index is 12.5. The number of aliphatic hydroxyl groups is 1. The highest BCUT2D eigenvalue weighted by Crippen LogP contribution is 2.29. The van der Waals surface area contributed by atoms with Crippen LogP contribution in [0.1, 0.15) is 27.6 Å². The maximum atomic E-state index is 12.5. The van der Waals surface area contributed by atoms with Crippen molar-refractivity contribution in [3.8, 4) is 0 Å². The van der Waals surface area contributed by atoms with Crippen molar-refractivity contribution in [3.63, 3.8) is 0 Å². The molecule has 152 valence electrons. The van der Waals surface area contributed by atoms with E-state index >= 15 is 0 Å². The van der Waals surface area contributed by atoms with Gasteiger partial charge in [0.1, 0.15) is 6.10 Å². The Labute approximate surface area is 167 Å². The van der Waals surface area contributed by atoms with Crippen LogP contribution in [-0.4, -0.2) is 54.2 Å². The van der Waals surface area contributed by atoms with Crippen molar-refractivity contribution < 1.29 is 38.4 Å². The summed E-state index contributed by atoms with van der Waals surface area (Å²) in [7, 11) is 0. The van der Waals surface area contributed by atoms with E-state index in [1.165, 1.54) is 0 Å². The molecule has 2 aromatic carbocycles. The summed E-state index contributed by atoms with van der Waals surface area (Å²) in [5.74, 6) is -2.08. The molecule has 0 aliphatic carbocycles. The zero-order chi connectivity index (χ0) is 20.8. The van der Waals surface area contributed by atoms with Gasteiger partial charge in [-0.05, 0) is 24.3 Å². The number of esters is 3. The molecule has 0 unspecified atom stereocenters. The lowest BCUT2D eigenvalue weighted by Gasteiger charge is -2.23. The van der Waals surface area contributed by atoms with Crippen molar-refractivity contribution in [1.29, 1.82) is 0 Å². The molecular weight excluding hydrogens is 380 g/mol. The summed E-state index contributed by atoms with van der Waals surface area (Å²) < 4.78 is 21.5. The van der Waals surface area contributed by atoms with E-state index in [0.717, 1.165) is 6.92 Å². The van der Waals surface area contributed by atoms with Gasteiger partial charge >= 0.3 is 17.9 Å². The standard InChI is InChI=1S/C21H20O8/c1-13(23)26-21-18(29-20(25)15-10-6-3-7-11-15)17(16(12-22)27-21)28-19(24)14-8-4-2-5-9-14/h2-11,16-18,21-22H,12H2,1H3/t16-,17-,18-,21+/m1/s1. The maximum Gasteiger partial charge on any atom is 0.338 e. The molecule has 0 radical (unpaired) electrons. The lowest BCUT2D eigenvalue weighted by molar-refractivity contribution is -0.187. The number of hydrogen-bond donors (Lipinski definition) is 1. The number of hydrogen-bond acceptors (Lipinski definition) is 8. The number of ether oxygens (including phenoxy) is 4. The molecule has 1 saturated heterocycles. The quantitative estimate of drug-likeness (QED) is 0.577. The summed E-state index contributed by atoms with van der Waals surface area (Å²) >= 11 is 0. The van der Waals surface area contributed by atoms with E-state index in [0.29, 0.717) is 0 Å². The summed E-state index contributed by atoms with van der Waals surface area (Å²) in [5, 5.41) is 9.64. The van der Waals surface area contributed by atoms with Gasteiger partial charge < -0.3 is 24.1 Å². The fraction of sp³-hybridized carbons (Fsp3) is 0.286. The number of aliphatic hydroxyl groups excluding tert-OH is 1. The summed E-state index contributed by atoms with van der Waals surface area (Å²) in [6.45, 7) is 0.626. The van der Waals surface area contributed by atoms with Gasteiger partial charge in [-0.15, -0.1) is 0 Å². The molecule has 1 N–H and O–H groups in total. The second-order valence-corrected chi connectivity index (χ2v) is 6.31. The van der Waals surface area contributed by atoms with Crippen LogP contribution >= 0.6 is 0 Å². The van der Waals surface area contributed by atoms with E-state index in [9.17, 15) is 19.5 Å².